The van der Waals surface area contributed by atoms with Crippen molar-refractivity contribution in [3.05, 3.63) is 11.1 Å². The van der Waals surface area contributed by atoms with Crippen LogP contribution in [0.25, 0.3) is 0 Å². The van der Waals surface area contributed by atoms with Crippen LogP contribution in [0.1, 0.15) is 50.5 Å². The van der Waals surface area contributed by atoms with Crippen LogP contribution >= 0.6 is 36.2 Å². The third kappa shape index (κ3) is 4.70. The number of thiol groups is 1. The normalized spacial score (nSPS) is 18.8. The highest BCUT2D eigenvalue weighted by Gasteiger charge is 2.45. The second kappa shape index (κ2) is 8.95. The zero-order chi connectivity index (χ0) is 21.3. The Morgan fingerprint density at radius 3 is 1.96 bits per heavy atom. The van der Waals surface area contributed by atoms with Gasteiger partial charge < -0.3 is 24.4 Å². The topological polar surface area (TPSA) is 85.2 Å². The molecule has 2 aliphatic heterocycles. The summed E-state index contributed by atoms with van der Waals surface area (Å²) in [6.07, 6.45) is 1.37. The number of hydrogen-bond donors (Lipinski definition) is 3. The highest BCUT2D eigenvalue weighted by Crippen LogP contribution is 2.60. The number of thioether (sulfide) groups is 2. The summed E-state index contributed by atoms with van der Waals surface area (Å²) in [6.45, 7) is 9.10. The minimum atomic E-state index is -1.12. The lowest BCUT2D eigenvalue weighted by molar-refractivity contribution is 0.00852. The van der Waals surface area contributed by atoms with Gasteiger partial charge in [0.15, 0.2) is 21.4 Å². The molecular formula is C19H28O6S3. The Kier molecular flexibility index (Phi) is 7.53. The van der Waals surface area contributed by atoms with Crippen molar-refractivity contribution < 1.29 is 29.2 Å². The number of aliphatic hydroxyl groups is 2. The lowest BCUT2D eigenvalue weighted by atomic mass is 10.1. The van der Waals surface area contributed by atoms with Gasteiger partial charge in [-0.3, -0.25) is 0 Å². The summed E-state index contributed by atoms with van der Waals surface area (Å²) in [5, 5.41) is 18.4. The van der Waals surface area contributed by atoms with Crippen LogP contribution in [0.15, 0.2) is 9.79 Å². The molecule has 0 amide bonds. The van der Waals surface area contributed by atoms with E-state index in [0.29, 0.717) is 11.5 Å². The standard InChI is InChI=1S/C18H24O6S2.CH4S/c1-6-10-14-12(23-17(2,3)25-14)11(16(21)22-8-9(20)7-19)13-15(10)26-18(4,5)24-13;1-2/h9,19-20H,6-8H2,1-5H3;2H,1H3. The van der Waals surface area contributed by atoms with Gasteiger partial charge in [-0.25, -0.2) is 4.79 Å². The molecule has 2 aliphatic rings. The van der Waals surface area contributed by atoms with Crippen molar-refractivity contribution in [2.45, 2.75) is 66.8 Å². The van der Waals surface area contributed by atoms with Gasteiger partial charge in [-0.1, -0.05) is 30.4 Å². The van der Waals surface area contributed by atoms with Crippen LogP contribution in [0, 0.1) is 0 Å². The number of benzene rings is 1. The minimum Gasteiger partial charge on any atom is -0.475 e. The van der Waals surface area contributed by atoms with Crippen LogP contribution in [0.4, 0.5) is 0 Å². The van der Waals surface area contributed by atoms with Gasteiger partial charge in [0.2, 0.25) is 0 Å². The lowest BCUT2D eigenvalue weighted by Gasteiger charge is -2.19. The molecular weight excluding hydrogens is 420 g/mol. The number of ether oxygens (including phenoxy) is 3. The van der Waals surface area contributed by atoms with Gasteiger partial charge in [-0.05, 0) is 45.9 Å². The molecule has 1 unspecified atom stereocenters. The Morgan fingerprint density at radius 2 is 1.57 bits per heavy atom. The van der Waals surface area contributed by atoms with E-state index >= 15 is 0 Å². The molecule has 0 spiro atoms. The maximum absolute atomic E-state index is 12.8. The number of hydrogen-bond acceptors (Lipinski definition) is 9. The maximum Gasteiger partial charge on any atom is 0.345 e. The molecule has 0 fully saturated rings. The molecule has 0 saturated carbocycles. The zero-order valence-corrected chi connectivity index (χ0v) is 19.5. The first kappa shape index (κ1) is 23.5. The third-order valence-electron chi connectivity index (χ3n) is 3.98. The number of esters is 1. The molecule has 1 aromatic rings. The van der Waals surface area contributed by atoms with Gasteiger partial charge in [0.25, 0.3) is 0 Å². The van der Waals surface area contributed by atoms with E-state index in [1.807, 2.05) is 27.7 Å². The number of carbonyl (C=O) groups is 1. The van der Waals surface area contributed by atoms with Crippen LogP contribution in [-0.4, -0.2) is 51.6 Å². The van der Waals surface area contributed by atoms with Gasteiger partial charge in [0, 0.05) is 0 Å². The summed E-state index contributed by atoms with van der Waals surface area (Å²) < 4.78 is 17.4. The van der Waals surface area contributed by atoms with Gasteiger partial charge >= 0.3 is 5.97 Å². The molecule has 6 nitrogen and oxygen atoms in total. The summed E-state index contributed by atoms with van der Waals surface area (Å²) in [4.78, 5) is 13.7. The van der Waals surface area contributed by atoms with Crippen molar-refractivity contribution in [3.8, 4) is 11.5 Å². The Labute approximate surface area is 180 Å². The van der Waals surface area contributed by atoms with Gasteiger partial charge in [0.1, 0.15) is 18.3 Å². The number of carbonyl (C=O) groups excluding carboxylic acids is 1. The Hall–Kier alpha value is -0.740. The van der Waals surface area contributed by atoms with E-state index in [1.54, 1.807) is 29.8 Å². The summed E-state index contributed by atoms with van der Waals surface area (Å²) in [6, 6.07) is 0. The Bertz CT molecular complexity index is 703. The second-order valence-corrected chi connectivity index (χ2v) is 10.4. The predicted octanol–water partition coefficient (Wildman–Crippen LogP) is 3.75. The van der Waals surface area contributed by atoms with Crippen LogP contribution in [0.3, 0.4) is 0 Å². The van der Waals surface area contributed by atoms with Crippen LogP contribution in [0.2, 0.25) is 0 Å². The first-order chi connectivity index (χ1) is 13.1. The largest absolute Gasteiger partial charge is 0.475 e. The summed E-state index contributed by atoms with van der Waals surface area (Å²) in [5.41, 5.74) is 1.38. The first-order valence-electron chi connectivity index (χ1n) is 8.98. The van der Waals surface area contributed by atoms with Crippen molar-refractivity contribution in [2.75, 3.05) is 19.5 Å². The van der Waals surface area contributed by atoms with E-state index in [-0.39, 0.29) is 12.2 Å². The molecule has 0 bridgehead atoms. The van der Waals surface area contributed by atoms with Gasteiger partial charge in [0.05, 0.1) is 16.4 Å². The molecule has 2 N–H and O–H groups in total. The smallest absolute Gasteiger partial charge is 0.345 e. The average Bonchev–Trinajstić information content (AvgIpc) is 3.12. The summed E-state index contributed by atoms with van der Waals surface area (Å²) >= 11 is 6.69. The van der Waals surface area contributed by atoms with Crippen LogP contribution in [0.5, 0.6) is 11.5 Å². The number of rotatable bonds is 5. The van der Waals surface area contributed by atoms with E-state index in [1.165, 1.54) is 0 Å². The molecule has 0 saturated heterocycles. The second-order valence-electron chi connectivity index (χ2n) is 7.17. The number of aliphatic hydroxyl groups excluding tert-OH is 2. The SMILES string of the molecule is CCc1c2c(c(C(=O)OCC(O)CO)c3c1SC(C)(C)O3)OC(C)(C)S2.CS. The van der Waals surface area contributed by atoms with Crippen molar-refractivity contribution in [2.24, 2.45) is 0 Å². The molecule has 2 heterocycles. The average molecular weight is 449 g/mol. The summed E-state index contributed by atoms with van der Waals surface area (Å²) in [7, 11) is 0. The Morgan fingerprint density at radius 1 is 1.11 bits per heavy atom. The molecule has 3 rings (SSSR count). The van der Waals surface area contributed by atoms with Crippen LogP contribution in [-0.2, 0) is 11.2 Å². The Balaban J connectivity index is 0.00000136. The quantitative estimate of drug-likeness (QED) is 0.464. The predicted molar refractivity (Wildman–Crippen MR) is 115 cm³/mol. The minimum absolute atomic E-state index is 0.258. The van der Waals surface area contributed by atoms with Gasteiger partial charge in [-0.15, -0.1) is 0 Å². The highest BCUT2D eigenvalue weighted by molar-refractivity contribution is 8.01. The fourth-order valence-corrected chi connectivity index (χ4v) is 5.46. The maximum atomic E-state index is 12.8. The van der Waals surface area contributed by atoms with Crippen molar-refractivity contribution in [1.82, 2.24) is 0 Å². The van der Waals surface area contributed by atoms with Crippen LogP contribution < -0.4 is 9.47 Å². The molecule has 0 aliphatic carbocycles. The molecule has 1 atom stereocenters. The molecule has 158 valence electrons. The van der Waals surface area contributed by atoms with E-state index in [4.69, 9.17) is 19.3 Å². The first-order valence-corrected chi connectivity index (χ1v) is 11.5. The number of fused-ring (bicyclic) bond motifs is 2. The molecule has 9 heteroatoms. The van der Waals surface area contributed by atoms with E-state index in [2.05, 4.69) is 19.6 Å². The van der Waals surface area contributed by atoms with Gasteiger partial charge in [-0.2, -0.15) is 12.6 Å². The lowest BCUT2D eigenvalue weighted by Crippen LogP contribution is -2.24. The monoisotopic (exact) mass is 448 g/mol. The van der Waals surface area contributed by atoms with E-state index in [9.17, 15) is 9.90 Å². The molecule has 0 aromatic heterocycles. The molecule has 1 aromatic carbocycles. The van der Waals surface area contributed by atoms with E-state index < -0.39 is 28.5 Å². The molecule has 0 radical (unpaired) electrons. The fourth-order valence-electron chi connectivity index (χ4n) is 2.95. The van der Waals surface area contributed by atoms with E-state index in [0.717, 1.165) is 21.8 Å². The van der Waals surface area contributed by atoms with Crippen molar-refractivity contribution in [1.29, 1.82) is 0 Å². The van der Waals surface area contributed by atoms with Crippen molar-refractivity contribution in [3.63, 3.8) is 0 Å². The fraction of sp³-hybridized carbons (Fsp3) is 0.632. The molecule has 28 heavy (non-hydrogen) atoms. The third-order valence-corrected chi connectivity index (χ3v) is 6.40. The zero-order valence-electron chi connectivity index (χ0n) is 17.0. The highest BCUT2D eigenvalue weighted by atomic mass is 32.2. The summed E-state index contributed by atoms with van der Waals surface area (Å²) in [5.74, 6) is 0.346. The van der Waals surface area contributed by atoms with Crippen molar-refractivity contribution >= 4 is 42.1 Å².